The lowest BCUT2D eigenvalue weighted by atomic mass is 9.94. The minimum absolute atomic E-state index is 0.119. The maximum atomic E-state index is 13.4. The molecule has 1 fully saturated rings. The van der Waals surface area contributed by atoms with E-state index in [2.05, 4.69) is 15.4 Å². The Bertz CT molecular complexity index is 1610. The number of ether oxygens (including phenoxy) is 1. The zero-order valence-corrected chi connectivity index (χ0v) is 23.0. The van der Waals surface area contributed by atoms with Crippen molar-refractivity contribution in [1.82, 2.24) is 24.8 Å². The average molecular weight is 560 g/mol. The molecule has 0 spiro atoms. The number of carbonyl (C=O) groups is 2. The van der Waals surface area contributed by atoms with Crippen molar-refractivity contribution < 1.29 is 23.3 Å². The molecule has 2 aromatic heterocycles. The second kappa shape index (κ2) is 11.6. The second-order valence-corrected chi connectivity index (χ2v) is 10.7. The van der Waals surface area contributed by atoms with Crippen molar-refractivity contribution in [3.05, 3.63) is 82.2 Å². The number of aromatic nitrogens is 2. The van der Waals surface area contributed by atoms with E-state index in [0.29, 0.717) is 50.7 Å². The summed E-state index contributed by atoms with van der Waals surface area (Å²) < 4.78 is 18.2. The normalized spacial score (nSPS) is 20.3. The predicted octanol–water partition coefficient (Wildman–Crippen LogP) is 2.79. The summed E-state index contributed by atoms with van der Waals surface area (Å²) in [5, 5.41) is 7.10. The molecule has 0 radical (unpaired) electrons. The zero-order chi connectivity index (χ0) is 28.3. The highest BCUT2D eigenvalue weighted by atomic mass is 16.5. The van der Waals surface area contributed by atoms with E-state index >= 15 is 0 Å². The lowest BCUT2D eigenvalue weighted by molar-refractivity contribution is -0.123. The number of likely N-dealkylation sites (tertiary alicyclic amines) is 1. The number of nitrogens with zero attached hydrogens (tertiary/aromatic N) is 4. The van der Waals surface area contributed by atoms with Crippen LogP contribution in [-0.2, 0) is 11.3 Å². The molecule has 41 heavy (non-hydrogen) atoms. The van der Waals surface area contributed by atoms with Crippen LogP contribution in [0.3, 0.4) is 0 Å². The molecule has 2 bridgehead atoms. The maximum Gasteiger partial charge on any atom is 0.419 e. The van der Waals surface area contributed by atoms with Gasteiger partial charge in [-0.15, -0.1) is 0 Å². The summed E-state index contributed by atoms with van der Waals surface area (Å²) in [6.07, 6.45) is 1.65. The first-order chi connectivity index (χ1) is 19.9. The molecule has 2 aromatic carbocycles. The van der Waals surface area contributed by atoms with Gasteiger partial charge in [0.2, 0.25) is 5.91 Å². The van der Waals surface area contributed by atoms with Crippen molar-refractivity contribution in [3.8, 4) is 5.75 Å². The average Bonchev–Trinajstić information content (AvgIpc) is 3.67. The Morgan fingerprint density at radius 3 is 2.78 bits per heavy atom. The van der Waals surface area contributed by atoms with Gasteiger partial charge in [0.25, 0.3) is 5.91 Å². The minimum Gasteiger partial charge on any atom is -0.494 e. The van der Waals surface area contributed by atoms with E-state index in [1.165, 1.54) is 0 Å². The Balaban J connectivity index is 1.21. The quantitative estimate of drug-likeness (QED) is 0.405. The summed E-state index contributed by atoms with van der Waals surface area (Å²) in [5.41, 5.74) is 2.53. The van der Waals surface area contributed by atoms with Gasteiger partial charge in [-0.25, -0.2) is 4.79 Å². The SMILES string of the molecule is Cc1cc(C(=O)N2C[C@@H]3NC(=O)CN(CCn4c(=O)oc5ccccc54)CCCCOc4cccc(c4)[C@H]3C2)no1. The van der Waals surface area contributed by atoms with Crippen LogP contribution in [0.5, 0.6) is 5.75 Å². The van der Waals surface area contributed by atoms with Crippen molar-refractivity contribution in [3.63, 3.8) is 0 Å². The highest BCUT2D eigenvalue weighted by molar-refractivity contribution is 5.92. The van der Waals surface area contributed by atoms with Crippen molar-refractivity contribution in [1.29, 1.82) is 0 Å². The van der Waals surface area contributed by atoms with Gasteiger partial charge in [0.1, 0.15) is 11.5 Å². The van der Waals surface area contributed by atoms with Crippen LogP contribution in [0.25, 0.3) is 11.1 Å². The highest BCUT2D eigenvalue weighted by Crippen LogP contribution is 2.31. The third-order valence-electron chi connectivity index (χ3n) is 7.80. The van der Waals surface area contributed by atoms with Gasteiger partial charge >= 0.3 is 5.76 Å². The number of fused-ring (bicyclic) bond motifs is 5. The van der Waals surface area contributed by atoms with Gasteiger partial charge in [0.05, 0.1) is 24.7 Å². The van der Waals surface area contributed by atoms with Gasteiger partial charge in [-0.05, 0) is 56.1 Å². The number of aryl methyl sites for hydroxylation is 1. The molecule has 0 saturated carbocycles. The number of hydrogen-bond donors (Lipinski definition) is 1. The van der Waals surface area contributed by atoms with Crippen LogP contribution >= 0.6 is 0 Å². The lowest BCUT2D eigenvalue weighted by Crippen LogP contribution is -2.46. The highest BCUT2D eigenvalue weighted by Gasteiger charge is 2.38. The van der Waals surface area contributed by atoms with E-state index in [9.17, 15) is 14.4 Å². The molecular formula is C30H33N5O6. The molecule has 2 atom stereocenters. The summed E-state index contributed by atoms with van der Waals surface area (Å²) in [4.78, 5) is 42.9. The Kier molecular flexibility index (Phi) is 7.60. The smallest absolute Gasteiger partial charge is 0.419 e. The van der Waals surface area contributed by atoms with Gasteiger partial charge < -0.3 is 23.9 Å². The summed E-state index contributed by atoms with van der Waals surface area (Å²) in [6, 6.07) is 16.6. The molecule has 6 rings (SSSR count). The molecule has 4 aromatic rings. The molecule has 11 heteroatoms. The Labute approximate surface area is 236 Å². The van der Waals surface area contributed by atoms with Gasteiger partial charge in [0.15, 0.2) is 11.3 Å². The standard InChI is InChI=1S/C30H33N5O6/c1-20-15-24(32-41-20)29(37)34-17-23-21-7-6-8-22(16-21)39-14-5-4-11-33(19-28(36)31-25(23)18-34)12-13-35-26-9-2-3-10-27(26)40-30(35)38/h2-3,6-10,15-16,23,25H,4-5,11-14,17-19H2,1H3,(H,31,36)/t23-,25+/m1/s1. The van der Waals surface area contributed by atoms with E-state index in [0.717, 1.165) is 29.7 Å². The van der Waals surface area contributed by atoms with Crippen molar-refractivity contribution in [2.75, 3.05) is 39.3 Å². The van der Waals surface area contributed by atoms with Crippen LogP contribution in [0, 0.1) is 6.92 Å². The number of benzene rings is 2. The zero-order valence-electron chi connectivity index (χ0n) is 23.0. The molecule has 0 aliphatic carbocycles. The largest absolute Gasteiger partial charge is 0.494 e. The molecule has 4 heterocycles. The van der Waals surface area contributed by atoms with Gasteiger partial charge in [-0.3, -0.25) is 19.1 Å². The molecule has 0 unspecified atom stereocenters. The lowest BCUT2D eigenvalue weighted by Gasteiger charge is -2.25. The second-order valence-electron chi connectivity index (χ2n) is 10.7. The monoisotopic (exact) mass is 559 g/mol. The third kappa shape index (κ3) is 5.90. The van der Waals surface area contributed by atoms with E-state index < -0.39 is 5.76 Å². The van der Waals surface area contributed by atoms with Crippen molar-refractivity contribution in [2.24, 2.45) is 0 Å². The fourth-order valence-corrected chi connectivity index (χ4v) is 5.74. The molecule has 2 aliphatic heterocycles. The van der Waals surface area contributed by atoms with Crippen LogP contribution in [0.4, 0.5) is 0 Å². The molecule has 2 amide bonds. The fraction of sp³-hybridized carbons (Fsp3) is 0.400. The topological polar surface area (TPSA) is 123 Å². The molecule has 11 nitrogen and oxygen atoms in total. The molecule has 1 N–H and O–H groups in total. The van der Waals surface area contributed by atoms with E-state index in [-0.39, 0.29) is 36.0 Å². The van der Waals surface area contributed by atoms with Crippen molar-refractivity contribution >= 4 is 22.9 Å². The first-order valence-corrected chi connectivity index (χ1v) is 14.0. The number of para-hydroxylation sites is 2. The number of oxazole rings is 1. The van der Waals surface area contributed by atoms with Gasteiger partial charge in [-0.2, -0.15) is 0 Å². The number of rotatable bonds is 4. The maximum absolute atomic E-state index is 13.4. The molecular weight excluding hydrogens is 526 g/mol. The molecule has 214 valence electrons. The fourth-order valence-electron chi connectivity index (χ4n) is 5.74. The third-order valence-corrected chi connectivity index (χ3v) is 7.80. The van der Waals surface area contributed by atoms with Crippen molar-refractivity contribution in [2.45, 2.75) is 38.3 Å². The molecule has 2 aliphatic rings. The van der Waals surface area contributed by atoms with Crippen LogP contribution in [-0.4, -0.2) is 76.7 Å². The van der Waals surface area contributed by atoms with Gasteiger partial charge in [0, 0.05) is 38.2 Å². The van der Waals surface area contributed by atoms with Crippen LogP contribution in [0.2, 0.25) is 0 Å². The Morgan fingerprint density at radius 1 is 1.05 bits per heavy atom. The number of hydrogen-bond acceptors (Lipinski definition) is 8. The summed E-state index contributed by atoms with van der Waals surface area (Å²) in [7, 11) is 0. The number of carbonyl (C=O) groups excluding carboxylic acids is 2. The predicted molar refractivity (Wildman–Crippen MR) is 150 cm³/mol. The number of amides is 2. The molecule has 1 saturated heterocycles. The Hall–Kier alpha value is -4.38. The van der Waals surface area contributed by atoms with Gasteiger partial charge in [-0.1, -0.05) is 29.4 Å². The first kappa shape index (κ1) is 26.8. The minimum atomic E-state index is -0.409. The van der Waals surface area contributed by atoms with E-state index in [1.54, 1.807) is 28.5 Å². The van der Waals surface area contributed by atoms with E-state index in [4.69, 9.17) is 13.7 Å². The Morgan fingerprint density at radius 2 is 1.93 bits per heavy atom. The summed E-state index contributed by atoms with van der Waals surface area (Å²) >= 11 is 0. The number of nitrogens with one attached hydrogen (secondary N) is 1. The summed E-state index contributed by atoms with van der Waals surface area (Å²) in [5.74, 6) is 0.452. The van der Waals surface area contributed by atoms with E-state index in [1.807, 2.05) is 42.5 Å². The van der Waals surface area contributed by atoms with Crippen LogP contribution < -0.4 is 15.8 Å². The van der Waals surface area contributed by atoms with Crippen LogP contribution in [0.15, 0.2) is 68.3 Å². The summed E-state index contributed by atoms with van der Waals surface area (Å²) in [6.45, 7) is 4.82. The first-order valence-electron chi connectivity index (χ1n) is 14.0. The van der Waals surface area contributed by atoms with Crippen LogP contribution in [0.1, 0.15) is 40.6 Å².